The number of fused-ring (bicyclic) bond motifs is 3. The van der Waals surface area contributed by atoms with E-state index in [1.165, 1.54) is 0 Å². The predicted octanol–water partition coefficient (Wildman–Crippen LogP) is 5.69. The normalized spacial score (nSPS) is 14.3. The third-order valence-electron chi connectivity index (χ3n) is 6.02. The highest BCUT2D eigenvalue weighted by molar-refractivity contribution is 7.15. The summed E-state index contributed by atoms with van der Waals surface area (Å²) in [7, 11) is 0. The van der Waals surface area contributed by atoms with Crippen LogP contribution in [0.5, 0.6) is 0 Å². The van der Waals surface area contributed by atoms with Crippen molar-refractivity contribution in [3.8, 4) is 16.8 Å². The van der Waals surface area contributed by atoms with Crippen LogP contribution in [0.15, 0.2) is 53.7 Å². The number of halogens is 1. The van der Waals surface area contributed by atoms with E-state index < -0.39 is 0 Å². The summed E-state index contributed by atoms with van der Waals surface area (Å²) in [5.41, 5.74) is 4.67. The van der Waals surface area contributed by atoms with Crippen LogP contribution in [0.3, 0.4) is 0 Å². The van der Waals surface area contributed by atoms with Crippen molar-refractivity contribution in [2.45, 2.75) is 33.2 Å². The zero-order chi connectivity index (χ0) is 25.5. The molecule has 0 unspecified atom stereocenters. The fourth-order valence-electron chi connectivity index (χ4n) is 4.28. The Morgan fingerprint density at radius 2 is 1.78 bits per heavy atom. The van der Waals surface area contributed by atoms with Crippen LogP contribution in [0, 0.1) is 32.6 Å². The van der Waals surface area contributed by atoms with E-state index in [2.05, 4.69) is 48.7 Å². The molecular formula is C27H20ClN7S2. The van der Waals surface area contributed by atoms with Crippen molar-refractivity contribution in [1.82, 2.24) is 29.9 Å². The molecule has 0 saturated heterocycles. The fourth-order valence-corrected chi connectivity index (χ4v) is 6.37. The van der Waals surface area contributed by atoms with Crippen molar-refractivity contribution >= 4 is 40.0 Å². The molecule has 7 nitrogen and oxygen atoms in total. The number of nitrogens with zero attached hydrogens (tertiary/aromatic N) is 7. The molecule has 0 spiro atoms. The lowest BCUT2D eigenvalue weighted by Gasteiger charge is -2.11. The highest BCUT2D eigenvalue weighted by Gasteiger charge is 2.32. The first-order valence-electron chi connectivity index (χ1n) is 11.6. The minimum atomic E-state index is -0.277. The average Bonchev–Trinajstić information content (AvgIpc) is 3.55. The van der Waals surface area contributed by atoms with Crippen molar-refractivity contribution in [3.05, 3.63) is 103 Å². The molecule has 0 radical (unpaired) electrons. The highest BCUT2D eigenvalue weighted by Crippen LogP contribution is 2.40. The second kappa shape index (κ2) is 9.63. The number of pyridine rings is 1. The molecule has 0 saturated carbocycles. The predicted molar refractivity (Wildman–Crippen MR) is 147 cm³/mol. The van der Waals surface area contributed by atoms with E-state index in [0.717, 1.165) is 59.6 Å². The van der Waals surface area contributed by atoms with Gasteiger partial charge in [-0.2, -0.15) is 0 Å². The second-order valence-corrected chi connectivity index (χ2v) is 11.3. The van der Waals surface area contributed by atoms with Crippen LogP contribution < -0.4 is 0 Å². The number of thiophene rings is 1. The molecule has 0 amide bonds. The molecule has 6 rings (SSSR count). The van der Waals surface area contributed by atoms with Gasteiger partial charge in [0.25, 0.3) is 0 Å². The van der Waals surface area contributed by atoms with Gasteiger partial charge in [0.05, 0.1) is 10.6 Å². The molecule has 37 heavy (non-hydrogen) atoms. The van der Waals surface area contributed by atoms with Gasteiger partial charge < -0.3 is 0 Å². The van der Waals surface area contributed by atoms with Gasteiger partial charge in [-0.3, -0.25) is 9.56 Å². The zero-order valence-electron chi connectivity index (χ0n) is 20.2. The molecule has 0 bridgehead atoms. The van der Waals surface area contributed by atoms with Gasteiger partial charge in [-0.25, -0.2) is 4.98 Å². The van der Waals surface area contributed by atoms with Gasteiger partial charge in [0, 0.05) is 28.8 Å². The first-order valence-corrected chi connectivity index (χ1v) is 13.6. The van der Waals surface area contributed by atoms with Crippen LogP contribution in [-0.2, 0) is 6.42 Å². The Balaban J connectivity index is 1.56. The summed E-state index contributed by atoms with van der Waals surface area (Å²) in [6, 6.07) is 13.2. The van der Waals surface area contributed by atoms with Crippen molar-refractivity contribution < 1.29 is 0 Å². The van der Waals surface area contributed by atoms with Crippen LogP contribution >= 0.6 is 34.3 Å². The highest BCUT2D eigenvalue weighted by atomic mass is 35.5. The van der Waals surface area contributed by atoms with E-state index in [-0.39, 0.29) is 6.04 Å². The molecular weight excluding hydrogens is 522 g/mol. The Hall–Kier alpha value is -3.71. The Kier molecular flexibility index (Phi) is 6.16. The number of hydrogen-bond donors (Lipinski definition) is 0. The summed E-state index contributed by atoms with van der Waals surface area (Å²) >= 11 is 9.43. The van der Waals surface area contributed by atoms with Crippen LogP contribution in [0.25, 0.3) is 5.00 Å². The monoisotopic (exact) mass is 541 g/mol. The summed E-state index contributed by atoms with van der Waals surface area (Å²) in [5, 5.41) is 21.1. The molecule has 1 atom stereocenters. The van der Waals surface area contributed by atoms with E-state index in [1.54, 1.807) is 28.9 Å². The third-order valence-corrected chi connectivity index (χ3v) is 8.33. The summed E-state index contributed by atoms with van der Waals surface area (Å²) in [6.45, 7) is 6.02. The largest absolute Gasteiger partial charge is 0.272 e. The SMILES string of the molecule is Cc1nnc(C[C@@H]2N=C(c3ccc(Cl)cc3)c3c(sc(C#Cc4ccccn4)c3C)-n3c(C)nnc32)s1. The average molecular weight is 542 g/mol. The van der Waals surface area contributed by atoms with Gasteiger partial charge in [0.2, 0.25) is 0 Å². The molecule has 0 fully saturated rings. The quantitative estimate of drug-likeness (QED) is 0.274. The Morgan fingerprint density at radius 1 is 0.946 bits per heavy atom. The lowest BCUT2D eigenvalue weighted by atomic mass is 9.99. The molecule has 1 aliphatic heterocycles. The smallest absolute Gasteiger partial charge is 0.163 e. The lowest BCUT2D eigenvalue weighted by molar-refractivity contribution is 0.651. The van der Waals surface area contributed by atoms with E-state index >= 15 is 0 Å². The molecule has 182 valence electrons. The minimum Gasteiger partial charge on any atom is -0.272 e. The van der Waals surface area contributed by atoms with Gasteiger partial charge in [0.1, 0.15) is 32.6 Å². The molecule has 5 heterocycles. The first kappa shape index (κ1) is 23.7. The molecule has 1 aromatic carbocycles. The summed E-state index contributed by atoms with van der Waals surface area (Å²) in [5.74, 6) is 8.12. The van der Waals surface area contributed by atoms with Crippen LogP contribution in [-0.4, -0.2) is 35.7 Å². The van der Waals surface area contributed by atoms with Gasteiger partial charge in [-0.05, 0) is 62.4 Å². The number of rotatable bonds is 3. The van der Waals surface area contributed by atoms with Crippen LogP contribution in [0.4, 0.5) is 0 Å². The second-order valence-electron chi connectivity index (χ2n) is 8.56. The van der Waals surface area contributed by atoms with Crippen molar-refractivity contribution in [2.75, 3.05) is 0 Å². The Bertz CT molecular complexity index is 1700. The first-order chi connectivity index (χ1) is 18.0. The Labute approximate surface area is 227 Å². The van der Waals surface area contributed by atoms with E-state index in [4.69, 9.17) is 16.6 Å². The molecule has 0 N–H and O–H groups in total. The number of benzene rings is 1. The maximum atomic E-state index is 6.23. The minimum absolute atomic E-state index is 0.277. The fraction of sp³-hybridized carbons (Fsp3) is 0.185. The van der Waals surface area contributed by atoms with Crippen LogP contribution in [0.1, 0.15) is 55.0 Å². The van der Waals surface area contributed by atoms with Crippen molar-refractivity contribution in [1.29, 1.82) is 0 Å². The number of aliphatic imine (C=N–C) groups is 1. The van der Waals surface area contributed by atoms with E-state index in [1.807, 2.05) is 56.3 Å². The number of hydrogen-bond acceptors (Lipinski definition) is 8. The van der Waals surface area contributed by atoms with Gasteiger partial charge >= 0.3 is 0 Å². The summed E-state index contributed by atoms with van der Waals surface area (Å²) in [6.07, 6.45) is 2.33. The van der Waals surface area contributed by atoms with Gasteiger partial charge in [-0.15, -0.1) is 43.1 Å². The maximum Gasteiger partial charge on any atom is 0.163 e. The molecule has 10 heteroatoms. The maximum absolute atomic E-state index is 6.23. The molecule has 1 aliphatic rings. The molecule has 5 aromatic rings. The summed E-state index contributed by atoms with van der Waals surface area (Å²) < 4.78 is 2.12. The lowest BCUT2D eigenvalue weighted by Crippen LogP contribution is -2.09. The van der Waals surface area contributed by atoms with E-state index in [0.29, 0.717) is 11.4 Å². The van der Waals surface area contributed by atoms with Gasteiger partial charge in [0.15, 0.2) is 5.82 Å². The zero-order valence-corrected chi connectivity index (χ0v) is 22.6. The van der Waals surface area contributed by atoms with E-state index in [9.17, 15) is 0 Å². The number of aromatic nitrogens is 6. The summed E-state index contributed by atoms with van der Waals surface area (Å²) in [4.78, 5) is 10.6. The molecule has 0 aliphatic carbocycles. The number of aryl methyl sites for hydroxylation is 2. The molecule has 4 aromatic heterocycles. The van der Waals surface area contributed by atoms with Crippen LogP contribution in [0.2, 0.25) is 5.02 Å². The topological polar surface area (TPSA) is 81.7 Å². The van der Waals surface area contributed by atoms with Gasteiger partial charge in [-0.1, -0.05) is 29.8 Å². The standard InChI is InChI=1S/C27H20ClN7S2/c1-15-22(12-11-20-6-4-5-13-29-20)37-27-24(15)25(18-7-9-19(28)10-8-18)30-21(14-23-33-32-17(3)36-23)26-34-31-16(2)35(26)27/h4-10,13,21H,14H2,1-3H3/t21-/m0/s1. The Morgan fingerprint density at radius 3 is 2.51 bits per heavy atom. The van der Waals surface area contributed by atoms with Crippen molar-refractivity contribution in [2.24, 2.45) is 4.99 Å². The third kappa shape index (κ3) is 4.48. The van der Waals surface area contributed by atoms with Crippen molar-refractivity contribution in [3.63, 3.8) is 0 Å².